The van der Waals surface area contributed by atoms with Crippen molar-refractivity contribution in [3.05, 3.63) is 22.7 Å². The summed E-state index contributed by atoms with van der Waals surface area (Å²) in [7, 11) is 0. The van der Waals surface area contributed by atoms with Crippen LogP contribution < -0.4 is 11.0 Å². The Labute approximate surface area is 129 Å². The maximum Gasteiger partial charge on any atom is 0.351 e. The van der Waals surface area contributed by atoms with Crippen molar-refractivity contribution in [1.29, 1.82) is 0 Å². The van der Waals surface area contributed by atoms with Crippen LogP contribution in [0.25, 0.3) is 0 Å². The molecule has 0 amide bonds. The third kappa shape index (κ3) is 4.72. The largest absolute Gasteiger partial charge is 0.378 e. The Balaban J connectivity index is 1.96. The van der Waals surface area contributed by atoms with E-state index in [9.17, 15) is 4.79 Å². The quantitative estimate of drug-likeness (QED) is 0.830. The molecule has 1 N–H and O–H groups in total. The standard InChI is InChI=1S/C14H23N3O3S/c1-4-19-8-13-20-12(9-21-13)17-6-5-11(16-14(17)18)15-7-10(2)3/h5-6,10,12-13H,4,7-9H2,1-3H3,(H,15,16,18)/t12-,13+/m1/s1. The van der Waals surface area contributed by atoms with Crippen LogP contribution in [0.15, 0.2) is 17.1 Å². The summed E-state index contributed by atoms with van der Waals surface area (Å²) in [5, 5.41) is 3.15. The third-order valence-corrected chi connectivity index (χ3v) is 4.12. The molecule has 1 aliphatic rings. The number of nitrogens with one attached hydrogen (secondary N) is 1. The molecule has 0 bridgehead atoms. The van der Waals surface area contributed by atoms with Crippen LogP contribution in [0.5, 0.6) is 0 Å². The number of thioether (sulfide) groups is 1. The Hall–Kier alpha value is -1.05. The van der Waals surface area contributed by atoms with E-state index < -0.39 is 0 Å². The van der Waals surface area contributed by atoms with Gasteiger partial charge in [-0.2, -0.15) is 4.98 Å². The topological polar surface area (TPSA) is 65.4 Å². The highest BCUT2D eigenvalue weighted by Gasteiger charge is 2.28. The lowest BCUT2D eigenvalue weighted by Gasteiger charge is -2.15. The molecule has 0 unspecified atom stereocenters. The van der Waals surface area contributed by atoms with Gasteiger partial charge in [-0.05, 0) is 18.9 Å². The van der Waals surface area contributed by atoms with Gasteiger partial charge in [0.2, 0.25) is 0 Å². The van der Waals surface area contributed by atoms with Crippen LogP contribution >= 0.6 is 11.8 Å². The zero-order valence-electron chi connectivity index (χ0n) is 12.7. The second kappa shape index (κ2) is 7.82. The van der Waals surface area contributed by atoms with E-state index in [1.807, 2.05) is 13.0 Å². The van der Waals surface area contributed by atoms with E-state index in [2.05, 4.69) is 24.1 Å². The molecule has 1 aromatic heterocycles. The first-order valence-corrected chi connectivity index (χ1v) is 8.33. The molecule has 118 valence electrons. The molecule has 2 heterocycles. The average Bonchev–Trinajstić information content (AvgIpc) is 2.91. The molecule has 0 aromatic carbocycles. The Bertz CT molecular complexity index is 506. The first kappa shape index (κ1) is 16.3. The van der Waals surface area contributed by atoms with Crippen LogP contribution in [0.3, 0.4) is 0 Å². The van der Waals surface area contributed by atoms with Gasteiger partial charge in [0.05, 0.1) is 6.61 Å². The van der Waals surface area contributed by atoms with Crippen molar-refractivity contribution in [2.75, 3.05) is 30.8 Å². The monoisotopic (exact) mass is 313 g/mol. The number of hydrogen-bond acceptors (Lipinski definition) is 6. The van der Waals surface area contributed by atoms with Crippen LogP contribution in [0.2, 0.25) is 0 Å². The van der Waals surface area contributed by atoms with Gasteiger partial charge in [-0.15, -0.1) is 11.8 Å². The van der Waals surface area contributed by atoms with Gasteiger partial charge in [0.15, 0.2) is 0 Å². The smallest absolute Gasteiger partial charge is 0.351 e. The van der Waals surface area contributed by atoms with Gasteiger partial charge in [0.1, 0.15) is 17.5 Å². The highest BCUT2D eigenvalue weighted by molar-refractivity contribution is 8.00. The Morgan fingerprint density at radius 2 is 2.43 bits per heavy atom. The Kier molecular flexibility index (Phi) is 6.08. The number of nitrogens with zero attached hydrogens (tertiary/aromatic N) is 2. The molecule has 1 fully saturated rings. The second-order valence-corrected chi connectivity index (χ2v) is 6.48. The van der Waals surface area contributed by atoms with Crippen LogP contribution in [-0.2, 0) is 9.47 Å². The first-order valence-electron chi connectivity index (χ1n) is 7.28. The number of aromatic nitrogens is 2. The first-order chi connectivity index (χ1) is 10.1. The van der Waals surface area contributed by atoms with Crippen LogP contribution in [0.4, 0.5) is 5.82 Å². The zero-order chi connectivity index (χ0) is 15.2. The summed E-state index contributed by atoms with van der Waals surface area (Å²) in [5.74, 6) is 1.85. The fraction of sp³-hybridized carbons (Fsp3) is 0.714. The maximum atomic E-state index is 12.1. The van der Waals surface area contributed by atoms with Crippen LogP contribution in [0.1, 0.15) is 27.0 Å². The summed E-state index contributed by atoms with van der Waals surface area (Å²) in [4.78, 5) is 16.1. The minimum atomic E-state index is -0.286. The summed E-state index contributed by atoms with van der Waals surface area (Å²) in [6.45, 7) is 8.18. The lowest BCUT2D eigenvalue weighted by molar-refractivity contribution is -0.0226. The minimum absolute atomic E-state index is 0.0133. The highest BCUT2D eigenvalue weighted by Crippen LogP contribution is 2.30. The molecule has 1 saturated heterocycles. The number of ether oxygens (including phenoxy) is 2. The van der Waals surface area contributed by atoms with Gasteiger partial charge in [0, 0.05) is 25.1 Å². The van der Waals surface area contributed by atoms with Crippen LogP contribution in [0, 0.1) is 5.92 Å². The van der Waals surface area contributed by atoms with Crippen molar-refractivity contribution in [2.45, 2.75) is 32.4 Å². The molecular formula is C14H23N3O3S. The van der Waals surface area contributed by atoms with Crippen molar-refractivity contribution < 1.29 is 9.47 Å². The van der Waals surface area contributed by atoms with Crippen LogP contribution in [-0.4, -0.2) is 40.5 Å². The molecule has 6 nitrogen and oxygen atoms in total. The summed E-state index contributed by atoms with van der Waals surface area (Å²) in [6.07, 6.45) is 1.48. The molecule has 2 atom stereocenters. The molecule has 0 spiro atoms. The van der Waals surface area contributed by atoms with Crippen molar-refractivity contribution in [1.82, 2.24) is 9.55 Å². The third-order valence-electron chi connectivity index (χ3n) is 3.02. The highest BCUT2D eigenvalue weighted by atomic mass is 32.2. The van der Waals surface area contributed by atoms with E-state index >= 15 is 0 Å². The Morgan fingerprint density at radius 3 is 3.10 bits per heavy atom. The normalized spacial score (nSPS) is 21.9. The van der Waals surface area contributed by atoms with Gasteiger partial charge in [0.25, 0.3) is 0 Å². The van der Waals surface area contributed by atoms with E-state index in [4.69, 9.17) is 9.47 Å². The summed E-state index contributed by atoms with van der Waals surface area (Å²) >= 11 is 1.66. The fourth-order valence-electron chi connectivity index (χ4n) is 1.93. The van der Waals surface area contributed by atoms with Gasteiger partial charge in [-0.3, -0.25) is 4.57 Å². The summed E-state index contributed by atoms with van der Waals surface area (Å²) < 4.78 is 12.7. The van der Waals surface area contributed by atoms with E-state index in [0.717, 1.165) is 12.3 Å². The Morgan fingerprint density at radius 1 is 1.62 bits per heavy atom. The minimum Gasteiger partial charge on any atom is -0.378 e. The fourth-order valence-corrected chi connectivity index (χ4v) is 2.95. The van der Waals surface area contributed by atoms with Crippen molar-refractivity contribution in [3.63, 3.8) is 0 Å². The maximum absolute atomic E-state index is 12.1. The van der Waals surface area contributed by atoms with Gasteiger partial charge in [-0.1, -0.05) is 13.8 Å². The lowest BCUT2D eigenvalue weighted by Crippen LogP contribution is -2.29. The molecular weight excluding hydrogens is 290 g/mol. The van der Waals surface area contributed by atoms with E-state index in [1.165, 1.54) is 0 Å². The zero-order valence-corrected chi connectivity index (χ0v) is 13.6. The van der Waals surface area contributed by atoms with E-state index in [0.29, 0.717) is 24.9 Å². The van der Waals surface area contributed by atoms with Crippen molar-refractivity contribution in [2.24, 2.45) is 5.92 Å². The van der Waals surface area contributed by atoms with Gasteiger partial charge in [-0.25, -0.2) is 4.79 Å². The predicted octanol–water partition coefficient (Wildman–Crippen LogP) is 1.94. The second-order valence-electron chi connectivity index (χ2n) is 5.29. The van der Waals surface area contributed by atoms with E-state index in [1.54, 1.807) is 22.5 Å². The number of rotatable bonds is 7. The van der Waals surface area contributed by atoms with Crippen molar-refractivity contribution in [3.8, 4) is 0 Å². The molecule has 1 aliphatic heterocycles. The van der Waals surface area contributed by atoms with Gasteiger partial charge >= 0.3 is 5.69 Å². The molecule has 7 heteroatoms. The molecule has 0 saturated carbocycles. The molecule has 0 aliphatic carbocycles. The predicted molar refractivity (Wildman–Crippen MR) is 84.7 cm³/mol. The SMILES string of the molecule is CCOC[C@H]1O[C@@H](n2ccc(NCC(C)C)nc2=O)CS1. The molecule has 1 aromatic rings. The summed E-state index contributed by atoms with van der Waals surface area (Å²) in [5.41, 5.74) is -0.299. The summed E-state index contributed by atoms with van der Waals surface area (Å²) in [6, 6.07) is 1.81. The molecule has 2 rings (SSSR count). The van der Waals surface area contributed by atoms with E-state index in [-0.39, 0.29) is 17.4 Å². The van der Waals surface area contributed by atoms with Gasteiger partial charge < -0.3 is 14.8 Å². The number of anilines is 1. The molecule has 0 radical (unpaired) electrons. The van der Waals surface area contributed by atoms with Crippen molar-refractivity contribution >= 4 is 17.6 Å². The average molecular weight is 313 g/mol. The molecule has 21 heavy (non-hydrogen) atoms. The number of hydrogen-bond donors (Lipinski definition) is 1. The lowest BCUT2D eigenvalue weighted by atomic mass is 10.2.